The highest BCUT2D eigenvalue weighted by Crippen LogP contribution is 2.33. The predicted molar refractivity (Wildman–Crippen MR) is 106 cm³/mol. The van der Waals surface area contributed by atoms with Crippen molar-refractivity contribution in [2.75, 3.05) is 6.26 Å². The van der Waals surface area contributed by atoms with E-state index in [0.29, 0.717) is 17.0 Å². The first-order valence-corrected chi connectivity index (χ1v) is 10.4. The maximum atomic E-state index is 13.4. The first-order chi connectivity index (χ1) is 13.4. The number of pyridine rings is 1. The fraction of sp³-hybridized carbons (Fsp3) is 0.0476. The molecule has 0 amide bonds. The molecule has 140 valence electrons. The SMILES string of the molecule is CS(=O)(=O)c1ccc(-c2ncc(-c3ccncc3)[nH]2)c(-c2ccc(F)cc2)c1. The fourth-order valence-corrected chi connectivity index (χ4v) is 3.61. The smallest absolute Gasteiger partial charge is 0.175 e. The van der Waals surface area contributed by atoms with E-state index >= 15 is 0 Å². The van der Waals surface area contributed by atoms with Crippen molar-refractivity contribution >= 4 is 9.84 Å². The Bertz CT molecular complexity index is 1230. The number of sulfone groups is 1. The number of imidazole rings is 1. The highest BCUT2D eigenvalue weighted by atomic mass is 32.2. The third-order valence-corrected chi connectivity index (χ3v) is 5.51. The Kier molecular flexibility index (Phi) is 4.52. The number of benzene rings is 2. The van der Waals surface area contributed by atoms with Crippen molar-refractivity contribution in [2.24, 2.45) is 0 Å². The Labute approximate surface area is 161 Å². The molecule has 4 rings (SSSR count). The average molecular weight is 393 g/mol. The summed E-state index contributed by atoms with van der Waals surface area (Å²) in [5.74, 6) is 0.230. The third-order valence-electron chi connectivity index (χ3n) is 4.40. The van der Waals surface area contributed by atoms with Gasteiger partial charge in [0.15, 0.2) is 9.84 Å². The summed E-state index contributed by atoms with van der Waals surface area (Å²) in [5, 5.41) is 0. The molecular weight excluding hydrogens is 377 g/mol. The Morgan fingerprint density at radius 1 is 0.893 bits per heavy atom. The zero-order valence-corrected chi connectivity index (χ0v) is 15.7. The van der Waals surface area contributed by atoms with Crippen LogP contribution in [-0.2, 0) is 9.84 Å². The van der Waals surface area contributed by atoms with Gasteiger partial charge in [0.05, 0.1) is 16.8 Å². The van der Waals surface area contributed by atoms with Gasteiger partial charge in [-0.1, -0.05) is 12.1 Å². The normalized spacial score (nSPS) is 11.5. The van der Waals surface area contributed by atoms with E-state index in [2.05, 4.69) is 15.0 Å². The van der Waals surface area contributed by atoms with Crippen molar-refractivity contribution in [1.82, 2.24) is 15.0 Å². The minimum atomic E-state index is -3.39. The molecule has 0 atom stereocenters. The van der Waals surface area contributed by atoms with Crippen LogP contribution in [0, 0.1) is 5.82 Å². The van der Waals surface area contributed by atoms with Crippen molar-refractivity contribution in [1.29, 1.82) is 0 Å². The molecule has 2 aromatic carbocycles. The van der Waals surface area contributed by atoms with Crippen LogP contribution in [0.1, 0.15) is 0 Å². The standard InChI is InChI=1S/C21H16FN3O2S/c1-28(26,27)17-6-7-18(19(12-17)14-2-4-16(22)5-3-14)21-24-13-20(25-21)15-8-10-23-11-9-15/h2-13H,1H3,(H,24,25). The number of aromatic amines is 1. The number of nitrogens with one attached hydrogen (secondary N) is 1. The second kappa shape index (κ2) is 7.01. The van der Waals surface area contributed by atoms with Crippen LogP contribution < -0.4 is 0 Å². The zero-order chi connectivity index (χ0) is 19.7. The van der Waals surface area contributed by atoms with Gasteiger partial charge in [-0.3, -0.25) is 4.98 Å². The van der Waals surface area contributed by atoms with Gasteiger partial charge in [-0.15, -0.1) is 0 Å². The van der Waals surface area contributed by atoms with Gasteiger partial charge in [-0.25, -0.2) is 17.8 Å². The molecule has 5 nitrogen and oxygen atoms in total. The number of nitrogens with zero attached hydrogens (tertiary/aromatic N) is 2. The molecule has 1 N–H and O–H groups in total. The van der Waals surface area contributed by atoms with Crippen molar-refractivity contribution < 1.29 is 12.8 Å². The van der Waals surface area contributed by atoms with Gasteiger partial charge in [0.1, 0.15) is 11.6 Å². The van der Waals surface area contributed by atoms with Gasteiger partial charge in [-0.05, 0) is 53.6 Å². The molecule has 0 saturated heterocycles. The summed E-state index contributed by atoms with van der Waals surface area (Å²) in [6, 6.07) is 14.5. The van der Waals surface area contributed by atoms with Crippen LogP contribution in [0.4, 0.5) is 4.39 Å². The van der Waals surface area contributed by atoms with Crippen molar-refractivity contribution in [3.05, 3.63) is 79.0 Å². The summed E-state index contributed by atoms with van der Waals surface area (Å²) in [7, 11) is -3.39. The van der Waals surface area contributed by atoms with Crippen LogP contribution in [0.15, 0.2) is 78.1 Å². The lowest BCUT2D eigenvalue weighted by Crippen LogP contribution is -1.98. The lowest BCUT2D eigenvalue weighted by Gasteiger charge is -2.10. The Balaban J connectivity index is 1.87. The lowest BCUT2D eigenvalue weighted by molar-refractivity contribution is 0.602. The number of rotatable bonds is 4. The molecule has 0 aliphatic heterocycles. The molecule has 0 spiro atoms. The molecule has 7 heteroatoms. The molecule has 0 aliphatic rings. The maximum Gasteiger partial charge on any atom is 0.175 e. The van der Waals surface area contributed by atoms with Gasteiger partial charge < -0.3 is 4.98 Å². The molecular formula is C21H16FN3O2S. The summed E-state index contributed by atoms with van der Waals surface area (Å²) in [6.07, 6.45) is 6.26. The minimum absolute atomic E-state index is 0.191. The van der Waals surface area contributed by atoms with Gasteiger partial charge >= 0.3 is 0 Å². The van der Waals surface area contributed by atoms with E-state index in [1.165, 1.54) is 12.1 Å². The maximum absolute atomic E-state index is 13.4. The topological polar surface area (TPSA) is 75.7 Å². The molecule has 0 bridgehead atoms. The van der Waals surface area contributed by atoms with Crippen LogP contribution in [0.2, 0.25) is 0 Å². The van der Waals surface area contributed by atoms with Gasteiger partial charge in [-0.2, -0.15) is 0 Å². The van der Waals surface area contributed by atoms with E-state index in [-0.39, 0.29) is 10.7 Å². The Morgan fingerprint density at radius 3 is 2.29 bits per heavy atom. The molecule has 28 heavy (non-hydrogen) atoms. The number of aromatic nitrogens is 3. The highest BCUT2D eigenvalue weighted by molar-refractivity contribution is 7.90. The van der Waals surface area contributed by atoms with Crippen LogP contribution in [-0.4, -0.2) is 29.6 Å². The largest absolute Gasteiger partial charge is 0.338 e. The first-order valence-electron chi connectivity index (χ1n) is 8.47. The molecule has 0 aliphatic carbocycles. The van der Waals surface area contributed by atoms with E-state index < -0.39 is 9.84 Å². The van der Waals surface area contributed by atoms with E-state index in [0.717, 1.165) is 23.1 Å². The molecule has 0 fully saturated rings. The quantitative estimate of drug-likeness (QED) is 0.559. The molecule has 0 unspecified atom stereocenters. The minimum Gasteiger partial charge on any atom is -0.338 e. The van der Waals surface area contributed by atoms with Crippen molar-refractivity contribution in [3.8, 4) is 33.8 Å². The number of hydrogen-bond donors (Lipinski definition) is 1. The second-order valence-electron chi connectivity index (χ2n) is 6.37. The zero-order valence-electron chi connectivity index (χ0n) is 14.9. The van der Waals surface area contributed by atoms with Gasteiger partial charge in [0.25, 0.3) is 0 Å². The van der Waals surface area contributed by atoms with Crippen LogP contribution in [0.3, 0.4) is 0 Å². The lowest BCUT2D eigenvalue weighted by atomic mass is 9.99. The van der Waals surface area contributed by atoms with Gasteiger partial charge in [0, 0.05) is 29.8 Å². The summed E-state index contributed by atoms with van der Waals surface area (Å²) in [5.41, 5.74) is 3.82. The number of hydrogen-bond acceptors (Lipinski definition) is 4. The average Bonchev–Trinajstić information content (AvgIpc) is 3.18. The predicted octanol–water partition coefficient (Wildman–Crippen LogP) is 4.35. The van der Waals surface area contributed by atoms with Gasteiger partial charge in [0.2, 0.25) is 0 Å². The van der Waals surface area contributed by atoms with Crippen molar-refractivity contribution in [2.45, 2.75) is 4.90 Å². The fourth-order valence-electron chi connectivity index (χ4n) is 2.97. The number of H-pyrrole nitrogens is 1. The molecule has 0 saturated carbocycles. The van der Waals surface area contributed by atoms with E-state index in [4.69, 9.17) is 0 Å². The summed E-state index contributed by atoms with van der Waals surface area (Å²) < 4.78 is 37.4. The van der Waals surface area contributed by atoms with Crippen LogP contribution >= 0.6 is 0 Å². The molecule has 0 radical (unpaired) electrons. The Hall–Kier alpha value is -3.32. The second-order valence-corrected chi connectivity index (χ2v) is 8.38. The summed E-state index contributed by atoms with van der Waals surface area (Å²) >= 11 is 0. The molecule has 2 aromatic heterocycles. The third kappa shape index (κ3) is 3.57. The summed E-state index contributed by atoms with van der Waals surface area (Å²) in [6.45, 7) is 0. The van der Waals surface area contributed by atoms with E-state index in [1.54, 1.807) is 48.9 Å². The Morgan fingerprint density at radius 2 is 1.61 bits per heavy atom. The molecule has 4 aromatic rings. The van der Waals surface area contributed by atoms with Crippen molar-refractivity contribution in [3.63, 3.8) is 0 Å². The van der Waals surface area contributed by atoms with Crippen LogP contribution in [0.5, 0.6) is 0 Å². The number of halogens is 1. The first kappa shape index (κ1) is 18.1. The summed E-state index contributed by atoms with van der Waals surface area (Å²) in [4.78, 5) is 11.9. The molecule has 2 heterocycles. The highest BCUT2D eigenvalue weighted by Gasteiger charge is 2.16. The van der Waals surface area contributed by atoms with E-state index in [1.807, 2.05) is 12.1 Å². The van der Waals surface area contributed by atoms with Crippen LogP contribution in [0.25, 0.3) is 33.8 Å². The van der Waals surface area contributed by atoms with E-state index in [9.17, 15) is 12.8 Å². The monoisotopic (exact) mass is 393 g/mol.